The first-order valence-corrected chi connectivity index (χ1v) is 5.83. The number of halogens is 1. The Balaban J connectivity index is 2.15. The van der Waals surface area contributed by atoms with Crippen LogP contribution in [0.25, 0.3) is 0 Å². The van der Waals surface area contributed by atoms with E-state index in [1.54, 1.807) is 12.1 Å². The zero-order valence-corrected chi connectivity index (χ0v) is 10.3. The Labute approximate surface area is 106 Å². The number of benzene rings is 1. The second-order valence-corrected chi connectivity index (χ2v) is 3.96. The monoisotopic (exact) mass is 252 g/mol. The van der Waals surface area contributed by atoms with Crippen LogP contribution in [0.5, 0.6) is 0 Å². The molecule has 0 aliphatic carbocycles. The molecule has 0 spiro atoms. The fraction of sp³-hybridized carbons (Fsp3) is 0.385. The average Bonchev–Trinajstić information content (AvgIpc) is 2.31. The van der Waals surface area contributed by atoms with Crippen molar-refractivity contribution in [2.75, 3.05) is 13.1 Å². The first kappa shape index (κ1) is 14.2. The predicted molar refractivity (Wildman–Crippen MR) is 66.4 cm³/mol. The minimum Gasteiger partial charge on any atom is -0.356 e. The van der Waals surface area contributed by atoms with Crippen LogP contribution in [0.4, 0.5) is 4.39 Å². The highest BCUT2D eigenvalue weighted by Gasteiger charge is 2.01. The third-order valence-corrected chi connectivity index (χ3v) is 2.38. The molecule has 5 heteroatoms. The van der Waals surface area contributed by atoms with Crippen molar-refractivity contribution in [3.63, 3.8) is 0 Å². The molecular weight excluding hydrogens is 235 g/mol. The van der Waals surface area contributed by atoms with E-state index in [4.69, 9.17) is 0 Å². The van der Waals surface area contributed by atoms with Crippen molar-refractivity contribution in [2.24, 2.45) is 0 Å². The molecule has 0 aliphatic heterocycles. The Morgan fingerprint density at radius 3 is 2.39 bits per heavy atom. The lowest BCUT2D eigenvalue weighted by Gasteiger charge is -2.05. The lowest BCUT2D eigenvalue weighted by atomic mass is 10.1. The summed E-state index contributed by atoms with van der Waals surface area (Å²) in [4.78, 5) is 21.9. The lowest BCUT2D eigenvalue weighted by molar-refractivity contribution is -0.121. The highest BCUT2D eigenvalue weighted by Crippen LogP contribution is 2.02. The lowest BCUT2D eigenvalue weighted by Crippen LogP contribution is -2.30. The molecule has 0 radical (unpaired) electrons. The number of carbonyl (C=O) groups excluding carboxylic acids is 2. The van der Waals surface area contributed by atoms with Crippen LogP contribution in [-0.4, -0.2) is 24.9 Å². The maximum absolute atomic E-state index is 12.6. The smallest absolute Gasteiger partial charge is 0.221 e. The third-order valence-electron chi connectivity index (χ3n) is 2.38. The van der Waals surface area contributed by atoms with E-state index >= 15 is 0 Å². The van der Waals surface area contributed by atoms with E-state index in [0.717, 1.165) is 5.56 Å². The molecule has 0 unspecified atom stereocenters. The van der Waals surface area contributed by atoms with E-state index < -0.39 is 0 Å². The van der Waals surface area contributed by atoms with Crippen LogP contribution in [-0.2, 0) is 16.0 Å². The van der Waals surface area contributed by atoms with Gasteiger partial charge in [-0.2, -0.15) is 0 Å². The van der Waals surface area contributed by atoms with Crippen LogP contribution in [0.1, 0.15) is 18.9 Å². The average molecular weight is 252 g/mol. The second kappa shape index (κ2) is 7.42. The van der Waals surface area contributed by atoms with Gasteiger partial charge < -0.3 is 10.6 Å². The van der Waals surface area contributed by atoms with Gasteiger partial charge in [0.05, 0.1) is 0 Å². The molecule has 0 aliphatic rings. The summed E-state index contributed by atoms with van der Waals surface area (Å²) in [7, 11) is 0. The van der Waals surface area contributed by atoms with Crippen LogP contribution in [0.3, 0.4) is 0 Å². The molecule has 1 aromatic rings. The molecule has 2 amide bonds. The minimum atomic E-state index is -0.266. The van der Waals surface area contributed by atoms with E-state index in [1.807, 2.05) is 0 Å². The van der Waals surface area contributed by atoms with Gasteiger partial charge in [-0.15, -0.1) is 0 Å². The van der Waals surface area contributed by atoms with E-state index in [1.165, 1.54) is 19.1 Å². The van der Waals surface area contributed by atoms with Gasteiger partial charge in [0.2, 0.25) is 11.8 Å². The summed E-state index contributed by atoms with van der Waals surface area (Å²) in [5.41, 5.74) is 0.971. The molecule has 4 nitrogen and oxygen atoms in total. The number of rotatable bonds is 6. The summed E-state index contributed by atoms with van der Waals surface area (Å²) in [5.74, 6) is -0.516. The summed E-state index contributed by atoms with van der Waals surface area (Å²) in [6.07, 6.45) is 0.926. The van der Waals surface area contributed by atoms with Gasteiger partial charge >= 0.3 is 0 Å². The minimum absolute atomic E-state index is 0.106. The van der Waals surface area contributed by atoms with Crippen molar-refractivity contribution in [3.8, 4) is 0 Å². The van der Waals surface area contributed by atoms with Gasteiger partial charge in [-0.05, 0) is 24.1 Å². The highest BCUT2D eigenvalue weighted by atomic mass is 19.1. The molecular formula is C13H17FN2O2. The summed E-state index contributed by atoms with van der Waals surface area (Å²) in [6.45, 7) is 2.26. The molecule has 0 fully saturated rings. The Kier molecular flexibility index (Phi) is 5.84. The maximum atomic E-state index is 12.6. The van der Waals surface area contributed by atoms with Crippen LogP contribution in [0.2, 0.25) is 0 Å². The van der Waals surface area contributed by atoms with Crippen molar-refractivity contribution < 1.29 is 14.0 Å². The number of hydrogen-bond donors (Lipinski definition) is 2. The molecule has 0 aromatic heterocycles. The fourth-order valence-electron chi connectivity index (χ4n) is 1.44. The second-order valence-electron chi connectivity index (χ2n) is 3.96. The van der Waals surface area contributed by atoms with Gasteiger partial charge in [0.1, 0.15) is 5.82 Å². The first-order valence-electron chi connectivity index (χ1n) is 5.83. The van der Waals surface area contributed by atoms with E-state index in [9.17, 15) is 14.0 Å². The first-order chi connectivity index (χ1) is 8.58. The van der Waals surface area contributed by atoms with Gasteiger partial charge in [0.15, 0.2) is 0 Å². The predicted octanol–water partition coefficient (Wildman–Crippen LogP) is 1.01. The van der Waals surface area contributed by atoms with Gasteiger partial charge in [0, 0.05) is 26.4 Å². The van der Waals surface area contributed by atoms with E-state index in [0.29, 0.717) is 19.5 Å². The number of carbonyl (C=O) groups is 2. The maximum Gasteiger partial charge on any atom is 0.221 e. The summed E-state index contributed by atoms with van der Waals surface area (Å²) >= 11 is 0. The number of amides is 2. The van der Waals surface area contributed by atoms with Gasteiger partial charge in [-0.25, -0.2) is 4.39 Å². The SMILES string of the molecule is CC(=O)NCCC(=O)NCCc1ccc(F)cc1. The summed E-state index contributed by atoms with van der Waals surface area (Å²) in [5, 5.41) is 5.28. The largest absolute Gasteiger partial charge is 0.356 e. The Bertz CT molecular complexity index is 404. The van der Waals surface area contributed by atoms with Gasteiger partial charge in [-0.1, -0.05) is 12.1 Å². The topological polar surface area (TPSA) is 58.2 Å². The van der Waals surface area contributed by atoms with Crippen LogP contribution < -0.4 is 10.6 Å². The highest BCUT2D eigenvalue weighted by molar-refractivity contribution is 5.77. The molecule has 0 atom stereocenters. The van der Waals surface area contributed by atoms with E-state index in [-0.39, 0.29) is 24.1 Å². The standard InChI is InChI=1S/C13H17FN2O2/c1-10(17)15-9-7-13(18)16-8-6-11-2-4-12(14)5-3-11/h2-5H,6-9H2,1H3,(H,15,17)(H,16,18). The van der Waals surface area contributed by atoms with Crippen LogP contribution in [0.15, 0.2) is 24.3 Å². The van der Waals surface area contributed by atoms with Crippen molar-refractivity contribution in [3.05, 3.63) is 35.6 Å². The van der Waals surface area contributed by atoms with Crippen molar-refractivity contribution in [2.45, 2.75) is 19.8 Å². The molecule has 18 heavy (non-hydrogen) atoms. The molecule has 0 saturated heterocycles. The van der Waals surface area contributed by atoms with Crippen molar-refractivity contribution in [1.29, 1.82) is 0 Å². The summed E-state index contributed by atoms with van der Waals surface area (Å²) < 4.78 is 12.6. The molecule has 2 N–H and O–H groups in total. The van der Waals surface area contributed by atoms with Crippen LogP contribution in [0, 0.1) is 5.82 Å². The summed E-state index contributed by atoms with van der Waals surface area (Å²) in [6, 6.07) is 6.18. The quantitative estimate of drug-likeness (QED) is 0.794. The van der Waals surface area contributed by atoms with Crippen molar-refractivity contribution >= 4 is 11.8 Å². The van der Waals surface area contributed by atoms with Crippen molar-refractivity contribution in [1.82, 2.24) is 10.6 Å². The number of hydrogen-bond acceptors (Lipinski definition) is 2. The number of nitrogens with one attached hydrogen (secondary N) is 2. The molecule has 0 saturated carbocycles. The molecule has 0 bridgehead atoms. The van der Waals surface area contributed by atoms with Gasteiger partial charge in [-0.3, -0.25) is 9.59 Å². The normalized spacial score (nSPS) is 9.89. The molecule has 98 valence electrons. The third kappa shape index (κ3) is 5.98. The molecule has 1 aromatic carbocycles. The molecule has 0 heterocycles. The van der Waals surface area contributed by atoms with Crippen LogP contribution >= 0.6 is 0 Å². The Morgan fingerprint density at radius 1 is 1.11 bits per heavy atom. The Hall–Kier alpha value is -1.91. The zero-order valence-electron chi connectivity index (χ0n) is 10.3. The van der Waals surface area contributed by atoms with E-state index in [2.05, 4.69) is 10.6 Å². The Morgan fingerprint density at radius 2 is 1.78 bits per heavy atom. The fourth-order valence-corrected chi connectivity index (χ4v) is 1.44. The zero-order chi connectivity index (χ0) is 13.4. The van der Waals surface area contributed by atoms with Gasteiger partial charge in [0.25, 0.3) is 0 Å². The molecule has 1 rings (SSSR count).